The van der Waals surface area contributed by atoms with Gasteiger partial charge in [0.25, 0.3) is 0 Å². The Balaban J connectivity index is 2.77. The molecule has 0 saturated heterocycles. The van der Waals surface area contributed by atoms with Crippen LogP contribution in [0.5, 0.6) is 0 Å². The molecule has 1 aromatic rings. The molecule has 5 nitrogen and oxygen atoms in total. The van der Waals surface area contributed by atoms with Crippen LogP contribution in [0.2, 0.25) is 0 Å². The maximum Gasteiger partial charge on any atom is 0.212 e. The summed E-state index contributed by atoms with van der Waals surface area (Å²) in [7, 11) is 0. The molecule has 1 heterocycles. The lowest BCUT2D eigenvalue weighted by Gasteiger charge is -2.27. The lowest BCUT2D eigenvalue weighted by molar-refractivity contribution is 0.347. The van der Waals surface area contributed by atoms with E-state index in [2.05, 4.69) is 29.4 Å². The quantitative estimate of drug-likeness (QED) is 0.831. The van der Waals surface area contributed by atoms with Gasteiger partial charge in [0, 0.05) is 18.4 Å². The van der Waals surface area contributed by atoms with Crippen molar-refractivity contribution >= 4 is 0 Å². The Hall–Kier alpha value is -1.85. The minimum Gasteiger partial charge on any atom is -0.320 e. The molecule has 2 atom stereocenters. The molecule has 0 saturated carbocycles. The summed E-state index contributed by atoms with van der Waals surface area (Å²) in [5, 5.41) is 21.5. The van der Waals surface area contributed by atoms with E-state index in [4.69, 9.17) is 5.26 Å². The zero-order valence-electron chi connectivity index (χ0n) is 11.1. The van der Waals surface area contributed by atoms with Gasteiger partial charge in [0.15, 0.2) is 0 Å². The molecule has 18 heavy (non-hydrogen) atoms. The van der Waals surface area contributed by atoms with E-state index in [0.29, 0.717) is 12.2 Å². The van der Waals surface area contributed by atoms with Gasteiger partial charge in [-0.3, -0.25) is 5.32 Å². The fourth-order valence-electron chi connectivity index (χ4n) is 2.00. The summed E-state index contributed by atoms with van der Waals surface area (Å²) >= 11 is 0. The van der Waals surface area contributed by atoms with E-state index in [1.165, 1.54) is 0 Å². The number of aromatic nitrogens is 2. The van der Waals surface area contributed by atoms with E-state index < -0.39 is 5.54 Å². The zero-order valence-corrected chi connectivity index (χ0v) is 11.1. The molecule has 0 aliphatic carbocycles. The third kappa shape index (κ3) is 3.32. The lowest BCUT2D eigenvalue weighted by Crippen LogP contribution is -2.43. The van der Waals surface area contributed by atoms with E-state index in [1.807, 2.05) is 18.4 Å². The Morgan fingerprint density at radius 2 is 2.28 bits per heavy atom. The Bertz CT molecular complexity index is 464. The van der Waals surface area contributed by atoms with Gasteiger partial charge in [-0.05, 0) is 33.2 Å². The highest BCUT2D eigenvalue weighted by Gasteiger charge is 2.26. The van der Waals surface area contributed by atoms with Crippen molar-refractivity contribution in [2.45, 2.75) is 45.2 Å². The van der Waals surface area contributed by atoms with Crippen molar-refractivity contribution in [3.05, 3.63) is 18.2 Å². The molecular formula is C13H19N5. The first-order valence-electron chi connectivity index (χ1n) is 6.15. The van der Waals surface area contributed by atoms with Crippen LogP contribution in [-0.2, 0) is 0 Å². The van der Waals surface area contributed by atoms with Crippen molar-refractivity contribution in [2.24, 2.45) is 0 Å². The molecule has 0 radical (unpaired) electrons. The van der Waals surface area contributed by atoms with Crippen LogP contribution < -0.4 is 5.32 Å². The first-order chi connectivity index (χ1) is 8.56. The molecule has 0 spiro atoms. The summed E-state index contributed by atoms with van der Waals surface area (Å²) < 4.78 is 1.81. The Morgan fingerprint density at radius 3 is 2.83 bits per heavy atom. The summed E-state index contributed by atoms with van der Waals surface area (Å²) in [5.74, 6) is 0.387. The van der Waals surface area contributed by atoms with Gasteiger partial charge in [-0.15, -0.1) is 0 Å². The molecule has 0 aliphatic rings. The molecule has 0 aliphatic heterocycles. The van der Waals surface area contributed by atoms with Crippen LogP contribution in [-0.4, -0.2) is 21.6 Å². The molecule has 0 fully saturated rings. The number of nitrogens with one attached hydrogen (secondary N) is 1. The summed E-state index contributed by atoms with van der Waals surface area (Å²) in [6.45, 7) is 6.76. The van der Waals surface area contributed by atoms with Crippen molar-refractivity contribution in [1.29, 1.82) is 10.5 Å². The van der Waals surface area contributed by atoms with Crippen molar-refractivity contribution in [3.8, 4) is 12.1 Å². The van der Waals surface area contributed by atoms with Gasteiger partial charge in [-0.1, -0.05) is 6.92 Å². The maximum atomic E-state index is 9.28. The van der Waals surface area contributed by atoms with E-state index in [0.717, 1.165) is 13.0 Å². The molecule has 0 aromatic carbocycles. The second-order valence-electron chi connectivity index (χ2n) is 4.69. The number of nitriles is 2. The predicted octanol–water partition coefficient (Wildman–Crippen LogP) is 1.99. The lowest BCUT2D eigenvalue weighted by atomic mass is 9.95. The Kier molecular flexibility index (Phi) is 4.88. The molecule has 1 aromatic heterocycles. The number of nitrogens with zero attached hydrogens (tertiary/aromatic N) is 4. The van der Waals surface area contributed by atoms with E-state index in [-0.39, 0.29) is 6.04 Å². The second kappa shape index (κ2) is 6.18. The normalized spacial score (nSPS) is 15.4. The van der Waals surface area contributed by atoms with Gasteiger partial charge in [-0.2, -0.15) is 10.5 Å². The van der Waals surface area contributed by atoms with Gasteiger partial charge < -0.3 is 4.57 Å². The van der Waals surface area contributed by atoms with Gasteiger partial charge in [-0.25, -0.2) is 4.98 Å². The van der Waals surface area contributed by atoms with Crippen LogP contribution in [0.4, 0.5) is 0 Å². The highest BCUT2D eigenvalue weighted by Crippen LogP contribution is 2.21. The molecular weight excluding hydrogens is 226 g/mol. The summed E-state index contributed by atoms with van der Waals surface area (Å²) in [6.07, 6.45) is 5.01. The Morgan fingerprint density at radius 1 is 1.56 bits per heavy atom. The largest absolute Gasteiger partial charge is 0.320 e. The average molecular weight is 245 g/mol. The summed E-state index contributed by atoms with van der Waals surface area (Å²) in [6, 6.07) is 4.42. The predicted molar refractivity (Wildman–Crippen MR) is 68.6 cm³/mol. The van der Waals surface area contributed by atoms with E-state index >= 15 is 0 Å². The highest BCUT2D eigenvalue weighted by atomic mass is 15.1. The van der Waals surface area contributed by atoms with Crippen molar-refractivity contribution in [3.63, 3.8) is 0 Å². The minimum atomic E-state index is -0.577. The molecule has 2 unspecified atom stereocenters. The van der Waals surface area contributed by atoms with Crippen LogP contribution >= 0.6 is 0 Å². The first kappa shape index (κ1) is 14.2. The molecule has 96 valence electrons. The first-order valence-corrected chi connectivity index (χ1v) is 6.15. The molecule has 1 N–H and O–H groups in total. The van der Waals surface area contributed by atoms with Crippen LogP contribution in [0.15, 0.2) is 12.4 Å². The van der Waals surface area contributed by atoms with Gasteiger partial charge in [0.2, 0.25) is 5.82 Å². The second-order valence-corrected chi connectivity index (χ2v) is 4.69. The SMILES string of the molecule is CCCNC(C)(C#N)CC(C)n1ccnc1C#N. The van der Waals surface area contributed by atoms with Crippen LogP contribution in [0.25, 0.3) is 0 Å². The van der Waals surface area contributed by atoms with Crippen LogP contribution in [0.3, 0.4) is 0 Å². The molecule has 0 bridgehead atoms. The number of hydrogen-bond donors (Lipinski definition) is 1. The average Bonchev–Trinajstić information content (AvgIpc) is 2.84. The van der Waals surface area contributed by atoms with Crippen molar-refractivity contribution < 1.29 is 0 Å². The van der Waals surface area contributed by atoms with Crippen LogP contribution in [0, 0.1) is 22.7 Å². The van der Waals surface area contributed by atoms with Gasteiger partial charge >= 0.3 is 0 Å². The summed E-state index contributed by atoms with van der Waals surface area (Å²) in [5.41, 5.74) is -0.577. The third-order valence-electron chi connectivity index (χ3n) is 2.96. The van der Waals surface area contributed by atoms with E-state index in [1.54, 1.807) is 12.4 Å². The number of hydrogen-bond acceptors (Lipinski definition) is 4. The Labute approximate surface area is 108 Å². The van der Waals surface area contributed by atoms with E-state index in [9.17, 15) is 5.26 Å². The monoisotopic (exact) mass is 245 g/mol. The molecule has 1 rings (SSSR count). The van der Waals surface area contributed by atoms with Crippen molar-refractivity contribution in [2.75, 3.05) is 6.54 Å². The standard InChI is InChI=1S/C13H19N5/c1-4-5-17-13(3,10-15)8-11(2)18-7-6-16-12(18)9-14/h6-7,11,17H,4-5,8H2,1-3H3. The maximum absolute atomic E-state index is 9.28. The zero-order chi connectivity index (χ0) is 13.6. The molecule has 5 heteroatoms. The molecule has 0 amide bonds. The highest BCUT2D eigenvalue weighted by molar-refractivity contribution is 5.13. The van der Waals surface area contributed by atoms with Gasteiger partial charge in [0.05, 0.1) is 6.07 Å². The van der Waals surface area contributed by atoms with Crippen molar-refractivity contribution in [1.82, 2.24) is 14.9 Å². The minimum absolute atomic E-state index is 0.0520. The fourth-order valence-corrected chi connectivity index (χ4v) is 2.00. The summed E-state index contributed by atoms with van der Waals surface area (Å²) in [4.78, 5) is 3.97. The van der Waals surface area contributed by atoms with Crippen LogP contribution in [0.1, 0.15) is 45.5 Å². The smallest absolute Gasteiger partial charge is 0.212 e. The fraction of sp³-hybridized carbons (Fsp3) is 0.615. The number of rotatable bonds is 6. The third-order valence-corrected chi connectivity index (χ3v) is 2.96. The van der Waals surface area contributed by atoms with Gasteiger partial charge in [0.1, 0.15) is 11.6 Å². The number of imidazole rings is 1. The topological polar surface area (TPSA) is 77.4 Å².